The highest BCUT2D eigenvalue weighted by molar-refractivity contribution is 6.68. The molecule has 16 heteroatoms. The van der Waals surface area contributed by atoms with E-state index in [1.54, 1.807) is 0 Å². The van der Waals surface area contributed by atoms with Crippen molar-refractivity contribution in [1.82, 2.24) is 0 Å². The van der Waals surface area contributed by atoms with E-state index in [0.717, 1.165) is 0 Å². The minimum absolute atomic E-state index is 0. The molecule has 160 valence electrons. The van der Waals surface area contributed by atoms with Crippen molar-refractivity contribution in [2.75, 3.05) is 0 Å². The Bertz CT molecular complexity index is 132. The molecule has 0 aliphatic rings. The molecule has 0 rings (SSSR count). The van der Waals surface area contributed by atoms with Crippen LogP contribution in [0.15, 0.2) is 0 Å². The van der Waals surface area contributed by atoms with Crippen molar-refractivity contribution in [3.05, 3.63) is 0 Å². The van der Waals surface area contributed by atoms with Crippen LogP contribution >= 0.6 is 189 Å². The molecular formula is C8H16Cl16. The third-order valence-electron chi connectivity index (χ3n) is 0. The molecule has 0 saturated heterocycles. The Balaban J connectivity index is -0.0000000225. The van der Waals surface area contributed by atoms with Crippen LogP contribution in [0.25, 0.3) is 0 Å². The van der Waals surface area contributed by atoms with Crippen LogP contribution in [0.5, 0.6) is 0 Å². The molecule has 0 aromatic heterocycles. The van der Waals surface area contributed by atoms with Crippen LogP contribution in [0.3, 0.4) is 0 Å². The largest absolute Gasteiger partial charge is 0.187 e. The maximum absolute atomic E-state index is 5.06. The fraction of sp³-hybridized carbons (Fsp3) is 1.00. The Morgan fingerprint density at radius 2 is 0.292 bits per heavy atom. The summed E-state index contributed by atoms with van der Waals surface area (Å²) in [6.45, 7) is 5.94. The van der Waals surface area contributed by atoms with Gasteiger partial charge in [-0.25, -0.2) is 0 Å². The van der Waals surface area contributed by atoms with E-state index < -0.39 is 15.2 Å². The molecule has 0 aliphatic heterocycles. The second kappa shape index (κ2) is 23.9. The van der Waals surface area contributed by atoms with Crippen molar-refractivity contribution in [3.63, 3.8) is 0 Å². The summed E-state index contributed by atoms with van der Waals surface area (Å²) in [4.78, 5) is 0. The quantitative estimate of drug-likeness (QED) is 0.224. The van der Waals surface area contributed by atoms with E-state index in [-0.39, 0.29) is 49.6 Å². The molecule has 24 heavy (non-hydrogen) atoms. The summed E-state index contributed by atoms with van der Waals surface area (Å²) in [5.41, 5.74) is 0. The van der Waals surface area contributed by atoms with Crippen LogP contribution in [0.1, 0.15) is 27.7 Å². The summed E-state index contributed by atoms with van der Waals surface area (Å²) in [5.74, 6) is 0. The van der Waals surface area contributed by atoms with Crippen molar-refractivity contribution in [3.8, 4) is 0 Å². The average molecular weight is 679 g/mol. The molecule has 0 nitrogen and oxygen atoms in total. The lowest BCUT2D eigenvalue weighted by Crippen LogP contribution is -1.87. The van der Waals surface area contributed by atoms with E-state index in [1.165, 1.54) is 27.7 Å². The van der Waals surface area contributed by atoms with Crippen LogP contribution in [0.4, 0.5) is 0 Å². The summed E-state index contributed by atoms with van der Waals surface area (Å²) in [5, 5.41) is 0. The fourth-order valence-electron chi connectivity index (χ4n) is 0. The predicted molar refractivity (Wildman–Crippen MR) is 133 cm³/mol. The number of halogens is 16. The molecule has 0 atom stereocenters. The molecule has 0 amide bonds. The van der Waals surface area contributed by atoms with Gasteiger partial charge in [0.25, 0.3) is 0 Å². The number of hydrogen-bond acceptors (Lipinski definition) is 0. The first kappa shape index (κ1) is 51.4. The normalized spacial score (nSPS) is 10.0. The first-order valence-electron chi connectivity index (χ1n) is 4.27. The summed E-state index contributed by atoms with van der Waals surface area (Å²) in [6, 6.07) is 0. The minimum atomic E-state index is -1.08. The monoisotopic (exact) mass is 672 g/mol. The molecule has 0 heterocycles. The van der Waals surface area contributed by atoms with Crippen LogP contribution in [-0.2, 0) is 0 Å². The van der Waals surface area contributed by atoms with E-state index in [2.05, 4.69) is 0 Å². The van der Waals surface area contributed by atoms with Gasteiger partial charge in [0, 0.05) is 0 Å². The molecule has 0 spiro atoms. The second-order valence-corrected chi connectivity index (χ2v) is 14.5. The topological polar surface area (TPSA) is 0 Å². The minimum Gasteiger partial charge on any atom is -0.147 e. The SMILES string of the molecule is CC(Cl)(Cl)Cl.CC(Cl)(Cl)Cl.CC(Cl)(Cl)Cl.CC(Cl)(Cl)Cl.Cl.Cl.Cl.Cl. The van der Waals surface area contributed by atoms with Gasteiger partial charge in [0.2, 0.25) is 0 Å². The second-order valence-electron chi connectivity index (χ2n) is 3.12. The Kier molecular flexibility index (Phi) is 51.2. The highest BCUT2D eigenvalue weighted by atomic mass is 35.6. The van der Waals surface area contributed by atoms with Gasteiger partial charge in [0.15, 0.2) is 15.2 Å². The van der Waals surface area contributed by atoms with Crippen molar-refractivity contribution >= 4 is 189 Å². The van der Waals surface area contributed by atoms with Gasteiger partial charge < -0.3 is 0 Å². The van der Waals surface area contributed by atoms with Crippen molar-refractivity contribution in [1.29, 1.82) is 0 Å². The Morgan fingerprint density at radius 1 is 0.292 bits per heavy atom. The molecule has 0 saturated carbocycles. The fourth-order valence-corrected chi connectivity index (χ4v) is 0. The third kappa shape index (κ3) is 813. The first-order valence-corrected chi connectivity index (χ1v) is 8.80. The molecule has 0 N–H and O–H groups in total. The Morgan fingerprint density at radius 3 is 0.292 bits per heavy atom. The van der Waals surface area contributed by atoms with Gasteiger partial charge in [0.1, 0.15) is 0 Å². The zero-order valence-corrected chi connectivity index (χ0v) is 24.5. The molecule has 0 unspecified atom stereocenters. The van der Waals surface area contributed by atoms with E-state index >= 15 is 0 Å². The van der Waals surface area contributed by atoms with Crippen LogP contribution in [0.2, 0.25) is 0 Å². The first-order chi connectivity index (χ1) is 8.00. The van der Waals surface area contributed by atoms with Crippen LogP contribution in [-0.4, -0.2) is 15.2 Å². The van der Waals surface area contributed by atoms with Gasteiger partial charge in [-0.3, -0.25) is 0 Å². The summed E-state index contributed by atoms with van der Waals surface area (Å²) in [7, 11) is 0. The molecule has 0 fully saturated rings. The lowest BCUT2D eigenvalue weighted by molar-refractivity contribution is 1.27. The van der Waals surface area contributed by atoms with Crippen molar-refractivity contribution in [2.45, 2.75) is 42.9 Å². The molecular weight excluding hydrogens is 663 g/mol. The summed E-state index contributed by atoms with van der Waals surface area (Å²) >= 11 is 60.7. The number of hydrogen-bond donors (Lipinski definition) is 0. The predicted octanol–water partition coefficient (Wildman–Crippen LogP) is 11.2. The van der Waals surface area contributed by atoms with E-state index in [9.17, 15) is 0 Å². The van der Waals surface area contributed by atoms with E-state index in [0.29, 0.717) is 0 Å². The molecule has 0 aliphatic carbocycles. The standard InChI is InChI=1S/4C2H3Cl3.4ClH/c4*1-2(3,4)5;;;;/h4*1H3;4*1H. The van der Waals surface area contributed by atoms with Gasteiger partial charge >= 0.3 is 0 Å². The molecule has 0 bridgehead atoms. The zero-order chi connectivity index (χ0) is 18.0. The molecule has 0 radical (unpaired) electrons. The van der Waals surface area contributed by atoms with Gasteiger partial charge in [-0.15, -0.1) is 49.6 Å². The zero-order valence-electron chi connectivity index (χ0n) is 12.2. The van der Waals surface area contributed by atoms with Gasteiger partial charge in [-0.1, -0.05) is 139 Å². The summed E-state index contributed by atoms with van der Waals surface area (Å²) in [6.07, 6.45) is 0. The van der Waals surface area contributed by atoms with Crippen LogP contribution in [0, 0.1) is 0 Å². The molecule has 0 aromatic carbocycles. The van der Waals surface area contributed by atoms with Crippen LogP contribution < -0.4 is 0 Å². The van der Waals surface area contributed by atoms with E-state index in [4.69, 9.17) is 139 Å². The van der Waals surface area contributed by atoms with Gasteiger partial charge in [-0.2, -0.15) is 0 Å². The van der Waals surface area contributed by atoms with Gasteiger partial charge in [-0.05, 0) is 27.7 Å². The maximum atomic E-state index is 5.06. The number of rotatable bonds is 0. The lowest BCUT2D eigenvalue weighted by atomic mass is 10.9. The maximum Gasteiger partial charge on any atom is 0.187 e. The van der Waals surface area contributed by atoms with Crippen molar-refractivity contribution < 1.29 is 0 Å². The Labute approximate surface area is 229 Å². The summed E-state index contributed by atoms with van der Waals surface area (Å²) < 4.78 is -4.33. The smallest absolute Gasteiger partial charge is 0.147 e. The number of alkyl halides is 12. The lowest BCUT2D eigenvalue weighted by Gasteiger charge is -1.94. The van der Waals surface area contributed by atoms with Crippen molar-refractivity contribution in [2.24, 2.45) is 0 Å². The highest BCUT2D eigenvalue weighted by Gasteiger charge is 2.08. The highest BCUT2D eigenvalue weighted by Crippen LogP contribution is 2.24. The van der Waals surface area contributed by atoms with E-state index in [1.807, 2.05) is 0 Å². The Hall–Kier alpha value is 4.64. The molecule has 0 aromatic rings. The average Bonchev–Trinajstić information content (AvgIpc) is 1.62. The third-order valence-corrected chi connectivity index (χ3v) is 0. The van der Waals surface area contributed by atoms with Gasteiger partial charge in [0.05, 0.1) is 0 Å².